The standard InChI is InChI=1S/C33H37N3O4/c1-32(2)23-13-7-9-15-25(23)34-27(32)17-12-18-28-33(3,4)24-14-8-10-16-26(24)35(28)22-11-5-6-19-31(39)40-36-29(37)20-21-30(36)38/h7-10,12-18H,5-6,11,19-22H2,1-4H3. The topological polar surface area (TPSA) is 79.3 Å². The molecule has 0 radical (unpaired) electrons. The minimum Gasteiger partial charge on any atom is -0.344 e. The normalized spacial score (nSPS) is 19.9. The molecule has 3 heterocycles. The molecule has 0 saturated carbocycles. The van der Waals surface area contributed by atoms with Gasteiger partial charge in [-0.25, -0.2) is 4.79 Å². The SMILES string of the molecule is CC1(C)C(C=CC=C2N(CCCCCC(=O)ON3C(=O)CCC3=O)c3ccccc3C2(C)C)=Nc2ccccc21. The maximum atomic E-state index is 12.2. The van der Waals surface area contributed by atoms with Gasteiger partial charge in [-0.3, -0.25) is 14.6 Å². The number of allylic oxidation sites excluding steroid dienone is 4. The molecule has 0 aromatic heterocycles. The van der Waals surface area contributed by atoms with Crippen molar-refractivity contribution < 1.29 is 19.2 Å². The Morgan fingerprint density at radius 1 is 0.900 bits per heavy atom. The van der Waals surface area contributed by atoms with E-state index in [0.29, 0.717) is 11.5 Å². The van der Waals surface area contributed by atoms with Crippen LogP contribution in [-0.2, 0) is 30.1 Å². The summed E-state index contributed by atoms with van der Waals surface area (Å²) in [6.07, 6.45) is 9.17. The van der Waals surface area contributed by atoms with Crippen LogP contribution in [0.4, 0.5) is 11.4 Å². The number of fused-ring (bicyclic) bond motifs is 2. The lowest BCUT2D eigenvalue weighted by molar-refractivity contribution is -0.197. The Balaban J connectivity index is 1.24. The summed E-state index contributed by atoms with van der Waals surface area (Å²) >= 11 is 0. The fourth-order valence-corrected chi connectivity index (χ4v) is 5.89. The highest BCUT2D eigenvalue weighted by atomic mass is 16.7. The number of amides is 2. The molecule has 0 N–H and O–H groups in total. The number of carbonyl (C=O) groups excluding carboxylic acids is 3. The van der Waals surface area contributed by atoms with Crippen molar-refractivity contribution in [1.82, 2.24) is 5.06 Å². The fraction of sp³-hybridized carbons (Fsp3) is 0.394. The molecule has 5 rings (SSSR count). The van der Waals surface area contributed by atoms with Crippen molar-refractivity contribution in [3.05, 3.63) is 83.6 Å². The third kappa shape index (κ3) is 5.12. The van der Waals surface area contributed by atoms with E-state index in [1.54, 1.807) is 0 Å². The number of hydroxylamine groups is 2. The average Bonchev–Trinajstić information content (AvgIpc) is 3.46. The maximum Gasteiger partial charge on any atom is 0.333 e. The first kappa shape index (κ1) is 27.6. The summed E-state index contributed by atoms with van der Waals surface area (Å²) in [6.45, 7) is 9.77. The van der Waals surface area contributed by atoms with E-state index in [0.717, 1.165) is 30.8 Å². The highest BCUT2D eigenvalue weighted by molar-refractivity contribution is 6.08. The van der Waals surface area contributed by atoms with Crippen LogP contribution < -0.4 is 4.90 Å². The van der Waals surface area contributed by atoms with Gasteiger partial charge in [0.25, 0.3) is 11.8 Å². The van der Waals surface area contributed by atoms with Gasteiger partial charge in [-0.15, -0.1) is 5.06 Å². The molecule has 0 unspecified atom stereocenters. The first-order valence-electron chi connectivity index (χ1n) is 14.1. The van der Waals surface area contributed by atoms with Crippen molar-refractivity contribution in [2.24, 2.45) is 4.99 Å². The van der Waals surface area contributed by atoms with Crippen molar-refractivity contribution in [2.75, 3.05) is 11.4 Å². The molecule has 7 heteroatoms. The number of rotatable bonds is 9. The quantitative estimate of drug-likeness (QED) is 0.270. The number of hydrogen-bond donors (Lipinski definition) is 0. The van der Waals surface area contributed by atoms with Gasteiger partial charge in [0.15, 0.2) is 0 Å². The molecule has 7 nitrogen and oxygen atoms in total. The van der Waals surface area contributed by atoms with Crippen LogP contribution in [0.2, 0.25) is 0 Å². The average molecular weight is 540 g/mol. The number of benzene rings is 2. The van der Waals surface area contributed by atoms with Gasteiger partial charge >= 0.3 is 5.97 Å². The van der Waals surface area contributed by atoms with Crippen molar-refractivity contribution in [3.8, 4) is 0 Å². The van der Waals surface area contributed by atoms with E-state index in [1.165, 1.54) is 22.5 Å². The Hall–Kier alpha value is -4.00. The van der Waals surface area contributed by atoms with Crippen LogP contribution in [0.3, 0.4) is 0 Å². The van der Waals surface area contributed by atoms with Gasteiger partial charge in [0.2, 0.25) is 0 Å². The van der Waals surface area contributed by atoms with E-state index in [2.05, 4.69) is 93.3 Å². The van der Waals surface area contributed by atoms with Crippen LogP contribution in [0.25, 0.3) is 0 Å². The second-order valence-electron chi connectivity index (χ2n) is 11.7. The molecule has 2 aromatic carbocycles. The van der Waals surface area contributed by atoms with Gasteiger partial charge in [0.1, 0.15) is 0 Å². The number of carbonyl (C=O) groups is 3. The molecular formula is C33H37N3O4. The minimum absolute atomic E-state index is 0.102. The first-order chi connectivity index (χ1) is 19.1. The Morgan fingerprint density at radius 3 is 2.30 bits per heavy atom. The van der Waals surface area contributed by atoms with Gasteiger partial charge in [0.05, 0.1) is 11.4 Å². The molecule has 1 fully saturated rings. The summed E-state index contributed by atoms with van der Waals surface area (Å²) in [5.74, 6) is -1.44. The Morgan fingerprint density at radius 2 is 1.57 bits per heavy atom. The predicted molar refractivity (Wildman–Crippen MR) is 156 cm³/mol. The zero-order valence-corrected chi connectivity index (χ0v) is 23.8. The van der Waals surface area contributed by atoms with E-state index in [9.17, 15) is 14.4 Å². The molecule has 0 aliphatic carbocycles. The van der Waals surface area contributed by atoms with E-state index >= 15 is 0 Å². The molecular weight excluding hydrogens is 502 g/mol. The maximum absolute atomic E-state index is 12.2. The number of unbranched alkanes of at least 4 members (excludes halogenated alkanes) is 2. The lowest BCUT2D eigenvalue weighted by Gasteiger charge is -2.27. The first-order valence-corrected chi connectivity index (χ1v) is 14.1. The van der Waals surface area contributed by atoms with Crippen molar-refractivity contribution in [3.63, 3.8) is 0 Å². The summed E-state index contributed by atoms with van der Waals surface area (Å²) in [5.41, 5.74) is 6.77. The summed E-state index contributed by atoms with van der Waals surface area (Å²) in [7, 11) is 0. The fourth-order valence-electron chi connectivity index (χ4n) is 5.89. The number of hydrogen-bond acceptors (Lipinski definition) is 6. The van der Waals surface area contributed by atoms with Crippen LogP contribution in [0.15, 0.2) is 77.4 Å². The lowest BCUT2D eigenvalue weighted by Crippen LogP contribution is -2.32. The second-order valence-corrected chi connectivity index (χ2v) is 11.7. The molecule has 1 saturated heterocycles. The van der Waals surface area contributed by atoms with Gasteiger partial charge in [-0.1, -0.05) is 76.6 Å². The molecule has 208 valence electrons. The summed E-state index contributed by atoms with van der Waals surface area (Å²) in [6, 6.07) is 16.9. The number of para-hydroxylation sites is 2. The molecule has 2 aromatic rings. The molecule has 40 heavy (non-hydrogen) atoms. The highest BCUT2D eigenvalue weighted by Crippen LogP contribution is 2.48. The number of aliphatic imine (C=N–C) groups is 1. The highest BCUT2D eigenvalue weighted by Gasteiger charge is 2.39. The van der Waals surface area contributed by atoms with Gasteiger partial charge in [0, 0.05) is 48.0 Å². The summed E-state index contributed by atoms with van der Waals surface area (Å²) in [4.78, 5) is 47.8. The Bertz CT molecular complexity index is 1420. The minimum atomic E-state index is -0.540. The molecule has 0 spiro atoms. The molecule has 3 aliphatic heterocycles. The van der Waals surface area contributed by atoms with Crippen molar-refractivity contribution in [2.45, 2.75) is 77.0 Å². The van der Waals surface area contributed by atoms with Crippen LogP contribution in [0, 0.1) is 0 Å². The van der Waals surface area contributed by atoms with E-state index in [-0.39, 0.29) is 30.1 Å². The molecule has 3 aliphatic rings. The Kier molecular flexibility index (Phi) is 7.49. The third-order valence-corrected chi connectivity index (χ3v) is 8.23. The molecule has 2 amide bonds. The second kappa shape index (κ2) is 10.9. The monoisotopic (exact) mass is 539 g/mol. The molecule has 0 atom stereocenters. The van der Waals surface area contributed by atoms with Gasteiger partial charge in [-0.05, 0) is 48.3 Å². The van der Waals surface area contributed by atoms with Crippen LogP contribution in [0.5, 0.6) is 0 Å². The lowest BCUT2D eigenvalue weighted by atomic mass is 9.81. The largest absolute Gasteiger partial charge is 0.344 e. The summed E-state index contributed by atoms with van der Waals surface area (Å²) in [5, 5.41) is 0.618. The number of nitrogens with zero attached hydrogens (tertiary/aromatic N) is 3. The van der Waals surface area contributed by atoms with Crippen molar-refractivity contribution in [1.29, 1.82) is 0 Å². The van der Waals surface area contributed by atoms with Crippen LogP contribution >= 0.6 is 0 Å². The van der Waals surface area contributed by atoms with Gasteiger partial charge < -0.3 is 9.74 Å². The molecule has 0 bridgehead atoms. The van der Waals surface area contributed by atoms with Crippen LogP contribution in [0.1, 0.15) is 77.3 Å². The van der Waals surface area contributed by atoms with E-state index in [1.807, 2.05) is 6.07 Å². The van der Waals surface area contributed by atoms with E-state index in [4.69, 9.17) is 9.83 Å². The Labute approximate surface area is 236 Å². The summed E-state index contributed by atoms with van der Waals surface area (Å²) < 4.78 is 0. The van der Waals surface area contributed by atoms with E-state index < -0.39 is 17.8 Å². The third-order valence-electron chi connectivity index (χ3n) is 8.23. The van der Waals surface area contributed by atoms with Crippen LogP contribution in [-0.4, -0.2) is 35.1 Å². The van der Waals surface area contributed by atoms with Gasteiger partial charge in [-0.2, -0.15) is 0 Å². The number of imide groups is 1. The zero-order chi connectivity index (χ0) is 28.5. The van der Waals surface area contributed by atoms with Crippen molar-refractivity contribution >= 4 is 34.9 Å². The zero-order valence-electron chi connectivity index (χ0n) is 23.8. The predicted octanol–water partition coefficient (Wildman–Crippen LogP) is 6.46. The number of anilines is 1. The smallest absolute Gasteiger partial charge is 0.333 e.